The smallest absolute Gasteiger partial charge is 0.264 e. The van der Waals surface area contributed by atoms with E-state index in [1.807, 2.05) is 70.2 Å². The van der Waals surface area contributed by atoms with E-state index in [1.165, 1.54) is 11.3 Å². The number of hydrogen-bond acceptors (Lipinski definition) is 5. The van der Waals surface area contributed by atoms with Crippen LogP contribution in [0.4, 0.5) is 5.13 Å². The van der Waals surface area contributed by atoms with Crippen molar-refractivity contribution in [1.82, 2.24) is 10.2 Å². The zero-order valence-corrected chi connectivity index (χ0v) is 16.8. The van der Waals surface area contributed by atoms with Gasteiger partial charge in [-0.2, -0.15) is 0 Å². The Morgan fingerprint density at radius 1 is 1.11 bits per heavy atom. The predicted octanol–water partition coefficient (Wildman–Crippen LogP) is 4.97. The summed E-state index contributed by atoms with van der Waals surface area (Å²) in [6, 6.07) is 15.3. The topological polar surface area (TPSA) is 55.3 Å². The maximum atomic E-state index is 13.3. The van der Waals surface area contributed by atoms with Crippen molar-refractivity contribution in [2.24, 2.45) is 0 Å². The molecule has 27 heavy (non-hydrogen) atoms. The molecule has 6 heteroatoms. The lowest BCUT2D eigenvalue weighted by Crippen LogP contribution is -2.37. The van der Waals surface area contributed by atoms with Crippen LogP contribution in [0.5, 0.6) is 5.75 Å². The third-order valence-electron chi connectivity index (χ3n) is 4.15. The number of rotatable bonds is 6. The summed E-state index contributed by atoms with van der Waals surface area (Å²) in [5, 5.41) is 10.0. The van der Waals surface area contributed by atoms with E-state index in [4.69, 9.17) is 4.74 Å². The van der Waals surface area contributed by atoms with Crippen molar-refractivity contribution in [3.05, 3.63) is 59.7 Å². The average molecular weight is 382 g/mol. The van der Waals surface area contributed by atoms with Crippen molar-refractivity contribution in [3.63, 3.8) is 0 Å². The van der Waals surface area contributed by atoms with E-state index >= 15 is 0 Å². The van der Waals surface area contributed by atoms with E-state index in [9.17, 15) is 4.79 Å². The molecule has 0 atom stereocenters. The largest absolute Gasteiger partial charge is 0.493 e. The predicted molar refractivity (Wildman–Crippen MR) is 110 cm³/mol. The molecule has 0 saturated carbocycles. The number of carbonyl (C=O) groups excluding carboxylic acids is 1. The summed E-state index contributed by atoms with van der Waals surface area (Å²) < 4.78 is 5.63. The molecule has 1 aromatic heterocycles. The van der Waals surface area contributed by atoms with Crippen LogP contribution in [0.3, 0.4) is 0 Å². The molecule has 140 valence electrons. The van der Waals surface area contributed by atoms with E-state index < -0.39 is 0 Å². The first-order chi connectivity index (χ1) is 13.0. The quantitative estimate of drug-likeness (QED) is 0.605. The van der Waals surface area contributed by atoms with E-state index in [-0.39, 0.29) is 11.9 Å². The van der Waals surface area contributed by atoms with Crippen LogP contribution in [0.2, 0.25) is 0 Å². The summed E-state index contributed by atoms with van der Waals surface area (Å²) in [6.45, 7) is 8.38. The molecular weight excluding hydrogens is 358 g/mol. The van der Waals surface area contributed by atoms with Crippen LogP contribution < -0.4 is 9.64 Å². The summed E-state index contributed by atoms with van der Waals surface area (Å²) >= 11 is 1.42. The molecule has 3 rings (SSSR count). The van der Waals surface area contributed by atoms with Gasteiger partial charge < -0.3 is 4.74 Å². The molecule has 0 saturated heterocycles. The van der Waals surface area contributed by atoms with Crippen LogP contribution in [0.15, 0.2) is 48.5 Å². The Bertz CT molecular complexity index is 936. The Labute approximate surface area is 163 Å². The van der Waals surface area contributed by atoms with E-state index in [1.54, 1.807) is 11.0 Å². The number of aryl methyl sites for hydroxylation is 1. The lowest BCUT2D eigenvalue weighted by molar-refractivity contribution is 0.0976. The molecule has 0 unspecified atom stereocenters. The fraction of sp³-hybridized carbons (Fsp3) is 0.286. The third-order valence-corrected chi connectivity index (χ3v) is 5.10. The maximum Gasteiger partial charge on any atom is 0.264 e. The molecule has 1 amide bonds. The van der Waals surface area contributed by atoms with Crippen LogP contribution in [0, 0.1) is 6.92 Å². The second-order valence-corrected chi connectivity index (χ2v) is 7.36. The monoisotopic (exact) mass is 381 g/mol. The van der Waals surface area contributed by atoms with Gasteiger partial charge in [-0.3, -0.25) is 9.69 Å². The molecule has 0 N–H and O–H groups in total. The number of nitrogens with zero attached hydrogens (tertiary/aromatic N) is 3. The van der Waals surface area contributed by atoms with Gasteiger partial charge in [0.05, 0.1) is 12.2 Å². The summed E-state index contributed by atoms with van der Waals surface area (Å²) in [7, 11) is 0. The minimum absolute atomic E-state index is 0.0650. The molecule has 5 nitrogen and oxygen atoms in total. The number of aromatic nitrogens is 2. The molecule has 0 aliphatic rings. The average Bonchev–Trinajstić information content (AvgIpc) is 3.12. The lowest BCUT2D eigenvalue weighted by Gasteiger charge is -2.24. The van der Waals surface area contributed by atoms with Gasteiger partial charge in [-0.15, -0.1) is 10.2 Å². The van der Waals surface area contributed by atoms with Gasteiger partial charge >= 0.3 is 0 Å². The van der Waals surface area contributed by atoms with Gasteiger partial charge in [-0.25, -0.2) is 0 Å². The first kappa shape index (κ1) is 19.0. The van der Waals surface area contributed by atoms with Gasteiger partial charge in [-0.05, 0) is 45.4 Å². The van der Waals surface area contributed by atoms with E-state index in [0.717, 1.165) is 16.1 Å². The first-order valence-corrected chi connectivity index (χ1v) is 9.79. The summed E-state index contributed by atoms with van der Waals surface area (Å²) in [6.07, 6.45) is 0. The lowest BCUT2D eigenvalue weighted by atomic mass is 10.1. The Kier molecular flexibility index (Phi) is 5.86. The summed E-state index contributed by atoms with van der Waals surface area (Å²) in [5.74, 6) is 0.445. The molecule has 0 bridgehead atoms. The zero-order valence-electron chi connectivity index (χ0n) is 16.0. The number of ether oxygens (including phenoxy) is 1. The molecule has 3 aromatic rings. The van der Waals surface area contributed by atoms with Gasteiger partial charge in [-0.1, -0.05) is 47.7 Å². The van der Waals surface area contributed by atoms with Crippen molar-refractivity contribution in [3.8, 4) is 16.3 Å². The van der Waals surface area contributed by atoms with Crippen LogP contribution >= 0.6 is 11.3 Å². The Morgan fingerprint density at radius 2 is 1.81 bits per heavy atom. The van der Waals surface area contributed by atoms with Crippen molar-refractivity contribution >= 4 is 22.4 Å². The van der Waals surface area contributed by atoms with E-state index in [2.05, 4.69) is 10.2 Å². The summed E-state index contributed by atoms with van der Waals surface area (Å²) in [5.41, 5.74) is 2.69. The van der Waals surface area contributed by atoms with Gasteiger partial charge in [0, 0.05) is 11.6 Å². The zero-order chi connectivity index (χ0) is 19.4. The molecule has 0 radical (unpaired) electrons. The highest BCUT2D eigenvalue weighted by Gasteiger charge is 2.27. The molecule has 0 aliphatic carbocycles. The number of anilines is 1. The van der Waals surface area contributed by atoms with E-state index in [0.29, 0.717) is 23.1 Å². The third kappa shape index (κ3) is 4.01. The molecule has 0 fully saturated rings. The normalized spacial score (nSPS) is 10.9. The highest BCUT2D eigenvalue weighted by atomic mass is 32.1. The number of hydrogen-bond donors (Lipinski definition) is 0. The minimum Gasteiger partial charge on any atom is -0.493 e. The van der Waals surface area contributed by atoms with Gasteiger partial charge in [0.2, 0.25) is 5.13 Å². The minimum atomic E-state index is -0.137. The second-order valence-electron chi connectivity index (χ2n) is 6.40. The summed E-state index contributed by atoms with van der Waals surface area (Å²) in [4.78, 5) is 15.0. The standard InChI is InChI=1S/C21H23N3O2S/c1-5-26-18-13-9-8-12-17(18)20(25)24(14(2)3)21-23-22-19(27-21)16-11-7-6-10-15(16)4/h6-14H,5H2,1-4H3. The van der Waals surface area contributed by atoms with Gasteiger partial charge in [0.1, 0.15) is 10.8 Å². The number of para-hydroxylation sites is 1. The Hall–Kier alpha value is -2.73. The van der Waals surface area contributed by atoms with Crippen LogP contribution in [0.1, 0.15) is 36.7 Å². The second kappa shape index (κ2) is 8.31. The van der Waals surface area contributed by atoms with Crippen molar-refractivity contribution in [2.45, 2.75) is 33.7 Å². The number of carbonyl (C=O) groups is 1. The first-order valence-electron chi connectivity index (χ1n) is 8.97. The van der Waals surface area contributed by atoms with Gasteiger partial charge in [0.15, 0.2) is 0 Å². The molecule has 0 aliphatic heterocycles. The van der Waals surface area contributed by atoms with Crippen molar-refractivity contribution in [2.75, 3.05) is 11.5 Å². The highest BCUT2D eigenvalue weighted by molar-refractivity contribution is 7.18. The fourth-order valence-corrected chi connectivity index (χ4v) is 3.90. The molecule has 0 spiro atoms. The maximum absolute atomic E-state index is 13.3. The fourth-order valence-electron chi connectivity index (χ4n) is 2.83. The van der Waals surface area contributed by atoms with Crippen LogP contribution in [-0.2, 0) is 0 Å². The molecule has 2 aromatic carbocycles. The number of benzene rings is 2. The molecular formula is C21H23N3O2S. The van der Waals surface area contributed by atoms with Crippen molar-refractivity contribution < 1.29 is 9.53 Å². The SMILES string of the molecule is CCOc1ccccc1C(=O)N(c1nnc(-c2ccccc2C)s1)C(C)C. The Balaban J connectivity index is 1.98. The number of amides is 1. The van der Waals surface area contributed by atoms with Crippen molar-refractivity contribution in [1.29, 1.82) is 0 Å². The van der Waals surface area contributed by atoms with Crippen LogP contribution in [0.25, 0.3) is 10.6 Å². The highest BCUT2D eigenvalue weighted by Crippen LogP contribution is 2.33. The Morgan fingerprint density at radius 3 is 2.52 bits per heavy atom. The molecule has 1 heterocycles. The van der Waals surface area contributed by atoms with Gasteiger partial charge in [0.25, 0.3) is 5.91 Å². The van der Waals surface area contributed by atoms with Crippen LogP contribution in [-0.4, -0.2) is 28.8 Å².